The van der Waals surface area contributed by atoms with E-state index in [4.69, 9.17) is 0 Å². The Balaban J connectivity index is 1.79. The Morgan fingerprint density at radius 2 is 2.39 bits per heavy atom. The van der Waals surface area contributed by atoms with Gasteiger partial charge in [0.15, 0.2) is 0 Å². The van der Waals surface area contributed by atoms with Crippen LogP contribution in [0.5, 0.6) is 0 Å². The Morgan fingerprint density at radius 3 is 3.00 bits per heavy atom. The summed E-state index contributed by atoms with van der Waals surface area (Å²) in [7, 11) is 0. The highest BCUT2D eigenvalue weighted by Crippen LogP contribution is 2.17. The molecule has 0 spiro atoms. The zero-order valence-electron chi connectivity index (χ0n) is 11.2. The Morgan fingerprint density at radius 1 is 1.56 bits per heavy atom. The van der Waals surface area contributed by atoms with Gasteiger partial charge in [0.05, 0.1) is 6.04 Å². The standard InChI is InChI=1S/C14H22N2OS/c1-10(9-12-7-6-11(2)18-12)16-14(17)13-5-3-4-8-15-13/h6-7,10,13,15H,3-5,8-9H2,1-2H3,(H,16,17)/t10?,13-/m1/s1. The van der Waals surface area contributed by atoms with Crippen molar-refractivity contribution in [3.63, 3.8) is 0 Å². The van der Waals surface area contributed by atoms with Gasteiger partial charge in [0.1, 0.15) is 0 Å². The highest BCUT2D eigenvalue weighted by molar-refractivity contribution is 7.11. The van der Waals surface area contributed by atoms with E-state index in [2.05, 4.69) is 36.6 Å². The fourth-order valence-corrected chi connectivity index (χ4v) is 3.39. The van der Waals surface area contributed by atoms with E-state index in [1.165, 1.54) is 16.2 Å². The first kappa shape index (κ1) is 13.6. The van der Waals surface area contributed by atoms with Gasteiger partial charge in [0.2, 0.25) is 5.91 Å². The number of piperidine rings is 1. The number of hydrogen-bond acceptors (Lipinski definition) is 3. The predicted molar refractivity (Wildman–Crippen MR) is 76.0 cm³/mol. The van der Waals surface area contributed by atoms with E-state index in [0.29, 0.717) is 0 Å². The molecule has 4 heteroatoms. The van der Waals surface area contributed by atoms with Gasteiger partial charge >= 0.3 is 0 Å². The van der Waals surface area contributed by atoms with E-state index in [0.717, 1.165) is 25.8 Å². The molecular weight excluding hydrogens is 244 g/mol. The third kappa shape index (κ3) is 3.82. The summed E-state index contributed by atoms with van der Waals surface area (Å²) in [6.45, 7) is 5.16. The number of carbonyl (C=O) groups is 1. The van der Waals surface area contributed by atoms with Crippen molar-refractivity contribution in [2.45, 2.75) is 51.6 Å². The lowest BCUT2D eigenvalue weighted by atomic mass is 10.0. The molecule has 1 aliphatic rings. The highest BCUT2D eigenvalue weighted by atomic mass is 32.1. The fourth-order valence-electron chi connectivity index (χ4n) is 2.37. The third-order valence-corrected chi connectivity index (χ3v) is 4.34. The normalized spacial score (nSPS) is 21.6. The highest BCUT2D eigenvalue weighted by Gasteiger charge is 2.21. The van der Waals surface area contributed by atoms with Crippen LogP contribution in [0.25, 0.3) is 0 Å². The summed E-state index contributed by atoms with van der Waals surface area (Å²) >= 11 is 1.81. The van der Waals surface area contributed by atoms with Crippen molar-refractivity contribution < 1.29 is 4.79 Å². The molecule has 0 saturated carbocycles. The molecule has 0 radical (unpaired) electrons. The lowest BCUT2D eigenvalue weighted by Gasteiger charge is -2.24. The number of carbonyl (C=O) groups excluding carboxylic acids is 1. The van der Waals surface area contributed by atoms with E-state index >= 15 is 0 Å². The molecule has 1 fully saturated rings. The summed E-state index contributed by atoms with van der Waals surface area (Å²) in [4.78, 5) is 14.7. The molecule has 100 valence electrons. The number of amides is 1. The van der Waals surface area contributed by atoms with E-state index in [-0.39, 0.29) is 18.0 Å². The Labute approximate surface area is 113 Å². The molecule has 3 nitrogen and oxygen atoms in total. The minimum absolute atomic E-state index is 0.0197. The summed E-state index contributed by atoms with van der Waals surface area (Å²) in [5.41, 5.74) is 0. The minimum atomic E-state index is 0.0197. The van der Waals surface area contributed by atoms with Crippen molar-refractivity contribution in [2.24, 2.45) is 0 Å². The average Bonchev–Trinajstić information content (AvgIpc) is 2.75. The summed E-state index contributed by atoms with van der Waals surface area (Å²) < 4.78 is 0. The number of thiophene rings is 1. The molecule has 1 aliphatic heterocycles. The maximum atomic E-state index is 12.0. The van der Waals surface area contributed by atoms with Gasteiger partial charge < -0.3 is 10.6 Å². The van der Waals surface area contributed by atoms with Crippen molar-refractivity contribution in [3.8, 4) is 0 Å². The fraction of sp³-hybridized carbons (Fsp3) is 0.643. The zero-order valence-corrected chi connectivity index (χ0v) is 12.0. The van der Waals surface area contributed by atoms with Crippen molar-refractivity contribution in [1.82, 2.24) is 10.6 Å². The number of hydrogen-bond donors (Lipinski definition) is 2. The minimum Gasteiger partial charge on any atom is -0.352 e. The van der Waals surface area contributed by atoms with E-state index in [9.17, 15) is 4.79 Å². The molecule has 2 rings (SSSR count). The van der Waals surface area contributed by atoms with E-state index < -0.39 is 0 Å². The Hall–Kier alpha value is -0.870. The van der Waals surface area contributed by atoms with Crippen LogP contribution in [0, 0.1) is 6.92 Å². The second-order valence-corrected chi connectivity index (χ2v) is 6.50. The molecule has 2 N–H and O–H groups in total. The molecule has 18 heavy (non-hydrogen) atoms. The molecule has 0 aromatic carbocycles. The van der Waals surface area contributed by atoms with Crippen LogP contribution in [-0.4, -0.2) is 24.5 Å². The van der Waals surface area contributed by atoms with Gasteiger partial charge in [-0.05, 0) is 45.4 Å². The summed E-state index contributed by atoms with van der Waals surface area (Å²) in [6, 6.07) is 4.52. The van der Waals surface area contributed by atoms with Crippen LogP contribution in [0.1, 0.15) is 35.9 Å². The van der Waals surface area contributed by atoms with Gasteiger partial charge in [-0.15, -0.1) is 11.3 Å². The van der Waals surface area contributed by atoms with E-state index in [1.807, 2.05) is 11.3 Å². The Kier molecular flexibility index (Phi) is 4.78. The van der Waals surface area contributed by atoms with Crippen molar-refractivity contribution >= 4 is 17.2 Å². The Bertz CT molecular complexity index is 396. The van der Waals surface area contributed by atoms with Crippen LogP contribution in [0.2, 0.25) is 0 Å². The number of rotatable bonds is 4. The first-order valence-electron chi connectivity index (χ1n) is 6.74. The van der Waals surface area contributed by atoms with Gasteiger partial charge in [-0.1, -0.05) is 6.42 Å². The number of aryl methyl sites for hydroxylation is 1. The van der Waals surface area contributed by atoms with Gasteiger partial charge in [-0.3, -0.25) is 4.79 Å². The van der Waals surface area contributed by atoms with Crippen molar-refractivity contribution in [2.75, 3.05) is 6.54 Å². The molecule has 2 heterocycles. The molecule has 2 atom stereocenters. The van der Waals surface area contributed by atoms with Crippen LogP contribution >= 0.6 is 11.3 Å². The van der Waals surface area contributed by atoms with Gasteiger partial charge in [0, 0.05) is 22.2 Å². The van der Waals surface area contributed by atoms with Crippen molar-refractivity contribution in [1.29, 1.82) is 0 Å². The average molecular weight is 266 g/mol. The first-order chi connectivity index (χ1) is 8.65. The molecule has 1 aromatic heterocycles. The molecule has 1 unspecified atom stereocenters. The molecule has 1 aromatic rings. The number of nitrogens with one attached hydrogen (secondary N) is 2. The summed E-state index contributed by atoms with van der Waals surface area (Å²) in [6.07, 6.45) is 4.24. The van der Waals surface area contributed by atoms with Crippen LogP contribution in [-0.2, 0) is 11.2 Å². The van der Waals surface area contributed by atoms with Crippen molar-refractivity contribution in [3.05, 3.63) is 21.9 Å². The summed E-state index contributed by atoms with van der Waals surface area (Å²) in [5, 5.41) is 6.40. The van der Waals surface area contributed by atoms with Crippen LogP contribution in [0.15, 0.2) is 12.1 Å². The second kappa shape index (κ2) is 6.34. The molecule has 0 aliphatic carbocycles. The maximum absolute atomic E-state index is 12.0. The monoisotopic (exact) mass is 266 g/mol. The lowest BCUT2D eigenvalue weighted by Crippen LogP contribution is -2.49. The van der Waals surface area contributed by atoms with Gasteiger partial charge in [0.25, 0.3) is 0 Å². The molecule has 1 amide bonds. The van der Waals surface area contributed by atoms with Gasteiger partial charge in [-0.25, -0.2) is 0 Å². The predicted octanol–water partition coefficient (Wildman–Crippen LogP) is 2.25. The molecule has 1 saturated heterocycles. The molecule has 0 bridgehead atoms. The first-order valence-corrected chi connectivity index (χ1v) is 7.56. The van der Waals surface area contributed by atoms with Crippen LogP contribution in [0.4, 0.5) is 0 Å². The topological polar surface area (TPSA) is 41.1 Å². The smallest absolute Gasteiger partial charge is 0.237 e. The van der Waals surface area contributed by atoms with E-state index in [1.54, 1.807) is 0 Å². The largest absolute Gasteiger partial charge is 0.352 e. The quantitative estimate of drug-likeness (QED) is 0.877. The van der Waals surface area contributed by atoms with Crippen LogP contribution in [0.3, 0.4) is 0 Å². The van der Waals surface area contributed by atoms with Gasteiger partial charge in [-0.2, -0.15) is 0 Å². The maximum Gasteiger partial charge on any atom is 0.237 e. The second-order valence-electron chi connectivity index (χ2n) is 5.13. The molecular formula is C14H22N2OS. The SMILES string of the molecule is Cc1ccc(CC(C)NC(=O)[C@H]2CCCCN2)s1. The summed E-state index contributed by atoms with van der Waals surface area (Å²) in [5.74, 6) is 0.162. The van der Waals surface area contributed by atoms with Crippen LogP contribution < -0.4 is 10.6 Å². The zero-order chi connectivity index (χ0) is 13.0. The lowest BCUT2D eigenvalue weighted by molar-refractivity contribution is -0.124. The third-order valence-electron chi connectivity index (χ3n) is 3.32.